The van der Waals surface area contributed by atoms with E-state index in [1.165, 1.54) is 19.9 Å². The summed E-state index contributed by atoms with van der Waals surface area (Å²) in [5.41, 5.74) is -2.10. The first-order valence-corrected chi connectivity index (χ1v) is 4.80. The van der Waals surface area contributed by atoms with Crippen LogP contribution in [0.5, 0.6) is 0 Å². The molecule has 0 bridgehead atoms. The Kier molecular flexibility index (Phi) is 3.60. The third kappa shape index (κ3) is 2.27. The molecule has 7 heteroatoms. The SMILES string of the molecule is COC(=O)c1nc(C(F)(F)F)c(C#N)c(C)c1C. The van der Waals surface area contributed by atoms with Gasteiger partial charge in [-0.05, 0) is 25.0 Å². The highest BCUT2D eigenvalue weighted by atomic mass is 19.4. The number of carbonyl (C=O) groups excluding carboxylic acids is 1. The molecule has 0 saturated carbocycles. The number of halogens is 3. The summed E-state index contributed by atoms with van der Waals surface area (Å²) in [5.74, 6) is -0.967. The lowest BCUT2D eigenvalue weighted by Gasteiger charge is -2.14. The topological polar surface area (TPSA) is 63.0 Å². The Hall–Kier alpha value is -2.10. The number of rotatable bonds is 1. The van der Waals surface area contributed by atoms with Gasteiger partial charge >= 0.3 is 12.1 Å². The Balaban J connectivity index is 3.68. The second kappa shape index (κ2) is 4.64. The van der Waals surface area contributed by atoms with Crippen molar-refractivity contribution in [3.8, 4) is 6.07 Å². The molecule has 0 spiro atoms. The first kappa shape index (κ1) is 14.0. The number of esters is 1. The molecule has 0 saturated heterocycles. The molecule has 0 aliphatic rings. The van der Waals surface area contributed by atoms with Crippen LogP contribution in [0.3, 0.4) is 0 Å². The fourth-order valence-electron chi connectivity index (χ4n) is 1.43. The van der Waals surface area contributed by atoms with Crippen LogP contribution in [0.25, 0.3) is 0 Å². The molecule has 96 valence electrons. The number of alkyl halides is 3. The maximum Gasteiger partial charge on any atom is 0.434 e. The highest BCUT2D eigenvalue weighted by Crippen LogP contribution is 2.33. The van der Waals surface area contributed by atoms with Gasteiger partial charge in [-0.1, -0.05) is 0 Å². The molecule has 0 aliphatic heterocycles. The van der Waals surface area contributed by atoms with Crippen LogP contribution in [0.4, 0.5) is 13.2 Å². The number of hydrogen-bond acceptors (Lipinski definition) is 4. The molecule has 1 aromatic rings. The van der Waals surface area contributed by atoms with E-state index >= 15 is 0 Å². The van der Waals surface area contributed by atoms with Gasteiger partial charge in [0.2, 0.25) is 0 Å². The third-order valence-corrected chi connectivity index (χ3v) is 2.51. The number of ether oxygens (including phenoxy) is 1. The van der Waals surface area contributed by atoms with E-state index < -0.39 is 29.1 Å². The highest BCUT2D eigenvalue weighted by Gasteiger charge is 2.38. The Labute approximate surface area is 101 Å². The molecule has 4 nitrogen and oxygen atoms in total. The van der Waals surface area contributed by atoms with Crippen LogP contribution in [0.15, 0.2) is 0 Å². The third-order valence-electron chi connectivity index (χ3n) is 2.51. The van der Waals surface area contributed by atoms with Crippen molar-refractivity contribution in [1.82, 2.24) is 4.98 Å². The number of pyridine rings is 1. The fraction of sp³-hybridized carbons (Fsp3) is 0.364. The summed E-state index contributed by atoms with van der Waals surface area (Å²) in [6.45, 7) is 2.74. The van der Waals surface area contributed by atoms with E-state index in [0.717, 1.165) is 7.11 Å². The van der Waals surface area contributed by atoms with Gasteiger partial charge in [-0.2, -0.15) is 18.4 Å². The van der Waals surface area contributed by atoms with Crippen molar-refractivity contribution in [2.75, 3.05) is 7.11 Å². The first-order chi connectivity index (χ1) is 8.23. The monoisotopic (exact) mass is 258 g/mol. The molecule has 0 N–H and O–H groups in total. The van der Waals surface area contributed by atoms with Crippen LogP contribution in [-0.4, -0.2) is 18.1 Å². The zero-order valence-corrected chi connectivity index (χ0v) is 9.84. The summed E-state index contributed by atoms with van der Waals surface area (Å²) < 4.78 is 42.5. The molecule has 0 radical (unpaired) electrons. The van der Waals surface area contributed by atoms with Crippen LogP contribution in [0.1, 0.15) is 32.9 Å². The summed E-state index contributed by atoms with van der Waals surface area (Å²) in [6.07, 6.45) is -4.80. The molecular formula is C11H9F3N2O2. The van der Waals surface area contributed by atoms with Gasteiger partial charge in [-0.15, -0.1) is 0 Å². The predicted octanol–water partition coefficient (Wildman–Crippen LogP) is 2.38. The number of hydrogen-bond donors (Lipinski definition) is 0. The molecule has 18 heavy (non-hydrogen) atoms. The van der Waals surface area contributed by atoms with Crippen molar-refractivity contribution in [3.63, 3.8) is 0 Å². The van der Waals surface area contributed by atoms with Crippen LogP contribution in [0.2, 0.25) is 0 Å². The van der Waals surface area contributed by atoms with Gasteiger partial charge in [0, 0.05) is 0 Å². The molecule has 0 atom stereocenters. The smallest absolute Gasteiger partial charge is 0.434 e. The molecule has 0 aromatic carbocycles. The molecule has 0 amide bonds. The van der Waals surface area contributed by atoms with Crippen LogP contribution in [-0.2, 0) is 10.9 Å². The van der Waals surface area contributed by atoms with E-state index in [1.807, 2.05) is 0 Å². The average molecular weight is 258 g/mol. The van der Waals surface area contributed by atoms with E-state index in [4.69, 9.17) is 5.26 Å². The number of nitriles is 1. The van der Waals surface area contributed by atoms with Crippen LogP contribution in [0, 0.1) is 25.2 Å². The van der Waals surface area contributed by atoms with Gasteiger partial charge in [0.25, 0.3) is 0 Å². The second-order valence-electron chi connectivity index (χ2n) is 3.54. The van der Waals surface area contributed by atoms with E-state index in [-0.39, 0.29) is 11.1 Å². The number of carbonyl (C=O) groups is 1. The van der Waals surface area contributed by atoms with Gasteiger partial charge in [0.05, 0.1) is 12.7 Å². The number of nitrogens with zero attached hydrogens (tertiary/aromatic N) is 2. The number of methoxy groups -OCH3 is 1. The summed E-state index contributed by atoms with van der Waals surface area (Å²) in [5, 5.41) is 8.77. The normalized spacial score (nSPS) is 10.9. The molecule has 0 aliphatic carbocycles. The van der Waals surface area contributed by atoms with Crippen molar-refractivity contribution in [1.29, 1.82) is 5.26 Å². The highest BCUT2D eigenvalue weighted by molar-refractivity contribution is 5.89. The Morgan fingerprint density at radius 1 is 1.33 bits per heavy atom. The van der Waals surface area contributed by atoms with Crippen molar-refractivity contribution in [2.24, 2.45) is 0 Å². The molecule has 1 heterocycles. The largest absolute Gasteiger partial charge is 0.464 e. The summed E-state index contributed by atoms with van der Waals surface area (Å²) in [7, 11) is 1.05. The van der Waals surface area contributed by atoms with Crippen molar-refractivity contribution < 1.29 is 22.7 Å². The Bertz CT molecular complexity index is 545. The van der Waals surface area contributed by atoms with Gasteiger partial charge in [0.1, 0.15) is 6.07 Å². The Morgan fingerprint density at radius 2 is 1.89 bits per heavy atom. The molecular weight excluding hydrogens is 249 g/mol. The summed E-state index contributed by atoms with van der Waals surface area (Å²) in [6, 6.07) is 1.46. The van der Waals surface area contributed by atoms with Crippen molar-refractivity contribution in [2.45, 2.75) is 20.0 Å². The zero-order chi connectivity index (χ0) is 14.1. The first-order valence-electron chi connectivity index (χ1n) is 4.80. The minimum absolute atomic E-state index is 0.0697. The van der Waals surface area contributed by atoms with Gasteiger partial charge in [0.15, 0.2) is 11.4 Å². The molecule has 0 fully saturated rings. The van der Waals surface area contributed by atoms with E-state index in [9.17, 15) is 18.0 Å². The lowest BCUT2D eigenvalue weighted by Crippen LogP contribution is -2.18. The van der Waals surface area contributed by atoms with Crippen LogP contribution < -0.4 is 0 Å². The maximum absolute atomic E-state index is 12.7. The standard InChI is InChI=1S/C11H9F3N2O2/c1-5-6(2)8(10(17)18-3)16-9(7(5)4-15)11(12,13)14/h1-3H3. The lowest BCUT2D eigenvalue weighted by molar-refractivity contribution is -0.141. The fourth-order valence-corrected chi connectivity index (χ4v) is 1.43. The van der Waals surface area contributed by atoms with Gasteiger partial charge in [-0.3, -0.25) is 0 Å². The van der Waals surface area contributed by atoms with Crippen molar-refractivity contribution >= 4 is 5.97 Å². The maximum atomic E-state index is 12.7. The van der Waals surface area contributed by atoms with Crippen molar-refractivity contribution in [3.05, 3.63) is 28.1 Å². The van der Waals surface area contributed by atoms with E-state index in [2.05, 4.69) is 9.72 Å². The van der Waals surface area contributed by atoms with Gasteiger partial charge in [-0.25, -0.2) is 9.78 Å². The van der Waals surface area contributed by atoms with E-state index in [1.54, 1.807) is 0 Å². The Morgan fingerprint density at radius 3 is 2.28 bits per heavy atom. The predicted molar refractivity (Wildman–Crippen MR) is 54.8 cm³/mol. The summed E-state index contributed by atoms with van der Waals surface area (Å²) >= 11 is 0. The number of aromatic nitrogens is 1. The van der Waals surface area contributed by atoms with Gasteiger partial charge < -0.3 is 4.74 Å². The van der Waals surface area contributed by atoms with Crippen LogP contribution >= 0.6 is 0 Å². The summed E-state index contributed by atoms with van der Waals surface area (Å²) in [4.78, 5) is 14.6. The van der Waals surface area contributed by atoms with E-state index in [0.29, 0.717) is 0 Å². The minimum atomic E-state index is -4.80. The zero-order valence-electron chi connectivity index (χ0n) is 9.84. The molecule has 1 aromatic heterocycles. The lowest BCUT2D eigenvalue weighted by atomic mass is 10.0. The minimum Gasteiger partial charge on any atom is -0.464 e. The molecule has 0 unspecified atom stereocenters. The average Bonchev–Trinajstić information content (AvgIpc) is 2.29. The molecule has 1 rings (SSSR count). The quantitative estimate of drug-likeness (QED) is 0.725. The second-order valence-corrected chi connectivity index (χ2v) is 3.54.